The van der Waals surface area contributed by atoms with Gasteiger partial charge in [0.05, 0.1) is 17.9 Å². The van der Waals surface area contributed by atoms with Gasteiger partial charge in [-0.15, -0.1) is 0 Å². The van der Waals surface area contributed by atoms with E-state index in [1.54, 1.807) is 12.1 Å². The van der Waals surface area contributed by atoms with Crippen molar-refractivity contribution in [2.45, 2.75) is 23.8 Å². The van der Waals surface area contributed by atoms with Gasteiger partial charge in [-0.3, -0.25) is 14.5 Å². The zero-order valence-corrected chi connectivity index (χ0v) is 12.5. The number of hydrogen-bond donors (Lipinski definition) is 2. The van der Waals surface area contributed by atoms with Crippen molar-refractivity contribution in [1.82, 2.24) is 4.90 Å². The number of hydrogen-bond acceptors (Lipinski definition) is 4. The minimum Gasteiger partial charge on any atom is -0.335 e. The summed E-state index contributed by atoms with van der Waals surface area (Å²) in [6.45, 7) is 0.645. The summed E-state index contributed by atoms with van der Waals surface area (Å²) < 4.78 is 22.3. The number of carbonyl (C=O) groups excluding carboxylic acids is 2. The molecule has 1 saturated heterocycles. The lowest BCUT2D eigenvalue weighted by Gasteiger charge is -2.08. The second kappa shape index (κ2) is 5.92. The maximum atomic E-state index is 11.7. The predicted molar refractivity (Wildman–Crippen MR) is 74.5 cm³/mol. The maximum absolute atomic E-state index is 11.7. The summed E-state index contributed by atoms with van der Waals surface area (Å²) in [5.74, 6) is -0.316. The van der Waals surface area contributed by atoms with Crippen LogP contribution in [0.2, 0.25) is 0 Å². The van der Waals surface area contributed by atoms with E-state index < -0.39 is 10.0 Å². The van der Waals surface area contributed by atoms with Crippen LogP contribution in [0.25, 0.3) is 0 Å². The summed E-state index contributed by atoms with van der Waals surface area (Å²) >= 11 is 0. The maximum Gasteiger partial charge on any atom is 0.287 e. The first kappa shape index (κ1) is 15.6. The SMILES string of the molecule is CN1C(=O)CC([NH2+]CCc2ccc(S(N)(=O)=O)cc2)C1=O. The Morgan fingerprint density at radius 2 is 1.90 bits per heavy atom. The van der Waals surface area contributed by atoms with E-state index in [1.165, 1.54) is 19.2 Å². The number of likely N-dealkylation sites (tertiary alicyclic amines) is 1. The number of likely N-dealkylation sites (N-methyl/N-ethyl adjacent to an activating group) is 1. The molecule has 1 aromatic carbocycles. The van der Waals surface area contributed by atoms with Crippen molar-refractivity contribution >= 4 is 21.8 Å². The van der Waals surface area contributed by atoms with Crippen LogP contribution in [0.5, 0.6) is 0 Å². The molecule has 1 aromatic rings. The van der Waals surface area contributed by atoms with E-state index in [2.05, 4.69) is 0 Å². The molecule has 0 aliphatic carbocycles. The lowest BCUT2D eigenvalue weighted by atomic mass is 10.1. The van der Waals surface area contributed by atoms with E-state index in [0.717, 1.165) is 10.5 Å². The van der Waals surface area contributed by atoms with Gasteiger partial charge >= 0.3 is 0 Å². The number of quaternary nitrogens is 1. The van der Waals surface area contributed by atoms with Crippen LogP contribution < -0.4 is 10.5 Å². The molecule has 1 aliphatic rings. The Hall–Kier alpha value is -1.77. The number of carbonyl (C=O) groups is 2. The summed E-state index contributed by atoms with van der Waals surface area (Å²) in [6, 6.07) is 5.97. The zero-order valence-electron chi connectivity index (χ0n) is 11.7. The first-order valence-electron chi connectivity index (χ1n) is 6.54. The molecule has 0 spiro atoms. The van der Waals surface area contributed by atoms with E-state index in [4.69, 9.17) is 5.14 Å². The third kappa shape index (κ3) is 3.66. The van der Waals surface area contributed by atoms with Gasteiger partial charge in [-0.05, 0) is 17.7 Å². The van der Waals surface area contributed by atoms with Gasteiger partial charge in [0.15, 0.2) is 6.04 Å². The minimum absolute atomic E-state index is 0.0772. The Kier molecular flexibility index (Phi) is 4.40. The molecule has 21 heavy (non-hydrogen) atoms. The molecule has 0 radical (unpaired) electrons. The van der Waals surface area contributed by atoms with Crippen LogP contribution in [-0.2, 0) is 26.0 Å². The number of nitrogens with zero attached hydrogens (tertiary/aromatic N) is 1. The normalized spacial score (nSPS) is 19.3. The molecule has 0 bridgehead atoms. The number of rotatable bonds is 5. The lowest BCUT2D eigenvalue weighted by Crippen LogP contribution is -2.91. The summed E-state index contributed by atoms with van der Waals surface area (Å²) in [5.41, 5.74) is 0.948. The second-order valence-electron chi connectivity index (χ2n) is 5.06. The molecule has 114 valence electrons. The van der Waals surface area contributed by atoms with Crippen LogP contribution in [0.1, 0.15) is 12.0 Å². The highest BCUT2D eigenvalue weighted by Gasteiger charge is 2.38. The van der Waals surface area contributed by atoms with Crippen LogP contribution in [-0.4, -0.2) is 44.8 Å². The molecule has 4 N–H and O–H groups in total. The van der Waals surface area contributed by atoms with Crippen molar-refractivity contribution in [3.8, 4) is 0 Å². The van der Waals surface area contributed by atoms with Gasteiger partial charge in [-0.2, -0.15) is 0 Å². The standard InChI is InChI=1S/C13H17N3O4S/c1-16-12(17)8-11(13(16)18)15-7-6-9-2-4-10(5-3-9)21(14,19)20/h2-5,11,15H,6-8H2,1H3,(H2,14,19,20)/p+1. The first-order chi connectivity index (χ1) is 9.79. The highest BCUT2D eigenvalue weighted by atomic mass is 32.2. The van der Waals surface area contributed by atoms with Crippen molar-refractivity contribution in [3.05, 3.63) is 29.8 Å². The summed E-state index contributed by atoms with van der Waals surface area (Å²) in [6.07, 6.45) is 0.909. The molecule has 1 unspecified atom stereocenters. The van der Waals surface area contributed by atoms with Crippen molar-refractivity contribution < 1.29 is 23.3 Å². The van der Waals surface area contributed by atoms with E-state index in [1.807, 2.05) is 5.32 Å². The summed E-state index contributed by atoms with van der Waals surface area (Å²) in [4.78, 5) is 24.3. The predicted octanol–water partition coefficient (Wildman–Crippen LogP) is -1.80. The second-order valence-corrected chi connectivity index (χ2v) is 6.63. The van der Waals surface area contributed by atoms with Crippen molar-refractivity contribution in [3.63, 3.8) is 0 Å². The van der Waals surface area contributed by atoms with Gasteiger partial charge in [0.2, 0.25) is 15.9 Å². The van der Waals surface area contributed by atoms with Crippen LogP contribution in [0, 0.1) is 0 Å². The first-order valence-corrected chi connectivity index (χ1v) is 8.09. The Morgan fingerprint density at radius 1 is 1.29 bits per heavy atom. The summed E-state index contributed by atoms with van der Waals surface area (Å²) in [5, 5.41) is 6.87. The third-order valence-electron chi connectivity index (χ3n) is 3.55. The fraction of sp³-hybridized carbons (Fsp3) is 0.385. The molecular formula is C13H18N3O4S+. The lowest BCUT2D eigenvalue weighted by molar-refractivity contribution is -0.674. The van der Waals surface area contributed by atoms with Crippen LogP contribution in [0.3, 0.4) is 0 Å². The molecule has 2 amide bonds. The Bertz CT molecular complexity index is 654. The number of imide groups is 1. The average molecular weight is 312 g/mol. The molecule has 2 rings (SSSR count). The third-order valence-corrected chi connectivity index (χ3v) is 4.48. The Labute approximate surface area is 123 Å². The van der Waals surface area contributed by atoms with Crippen LogP contribution >= 0.6 is 0 Å². The zero-order chi connectivity index (χ0) is 15.6. The molecule has 1 atom stereocenters. The molecule has 1 fully saturated rings. The number of nitrogens with two attached hydrogens (primary N) is 2. The largest absolute Gasteiger partial charge is 0.335 e. The fourth-order valence-electron chi connectivity index (χ4n) is 2.27. The number of amides is 2. The van der Waals surface area contributed by atoms with E-state index in [-0.39, 0.29) is 29.2 Å². The summed E-state index contributed by atoms with van der Waals surface area (Å²) in [7, 11) is -2.18. The van der Waals surface area contributed by atoms with E-state index in [9.17, 15) is 18.0 Å². The van der Waals surface area contributed by atoms with Gasteiger partial charge in [0.25, 0.3) is 5.91 Å². The number of benzene rings is 1. The van der Waals surface area contributed by atoms with E-state index in [0.29, 0.717) is 13.0 Å². The van der Waals surface area contributed by atoms with E-state index >= 15 is 0 Å². The number of primary sulfonamides is 1. The van der Waals surface area contributed by atoms with Crippen molar-refractivity contribution in [1.29, 1.82) is 0 Å². The van der Waals surface area contributed by atoms with Gasteiger partial charge in [0, 0.05) is 13.5 Å². The quantitative estimate of drug-likeness (QED) is 0.624. The Morgan fingerprint density at radius 3 is 2.38 bits per heavy atom. The van der Waals surface area contributed by atoms with Gasteiger partial charge in [-0.1, -0.05) is 12.1 Å². The molecule has 8 heteroatoms. The van der Waals surface area contributed by atoms with Gasteiger partial charge < -0.3 is 5.32 Å². The van der Waals surface area contributed by atoms with Gasteiger partial charge in [0.1, 0.15) is 0 Å². The highest BCUT2D eigenvalue weighted by Crippen LogP contribution is 2.09. The molecule has 1 aliphatic heterocycles. The smallest absolute Gasteiger partial charge is 0.287 e. The topological polar surface area (TPSA) is 114 Å². The molecule has 1 heterocycles. The molecule has 7 nitrogen and oxygen atoms in total. The highest BCUT2D eigenvalue weighted by molar-refractivity contribution is 7.89. The monoisotopic (exact) mass is 312 g/mol. The molecular weight excluding hydrogens is 294 g/mol. The Balaban J connectivity index is 1.87. The van der Waals surface area contributed by atoms with Crippen LogP contribution in [0.15, 0.2) is 29.2 Å². The molecule has 0 aromatic heterocycles. The number of sulfonamides is 1. The molecule has 0 saturated carbocycles. The fourth-order valence-corrected chi connectivity index (χ4v) is 2.78. The minimum atomic E-state index is -3.67. The van der Waals surface area contributed by atoms with Crippen molar-refractivity contribution in [2.75, 3.05) is 13.6 Å². The van der Waals surface area contributed by atoms with Gasteiger partial charge in [-0.25, -0.2) is 13.6 Å². The van der Waals surface area contributed by atoms with Crippen molar-refractivity contribution in [2.24, 2.45) is 5.14 Å². The average Bonchev–Trinajstić information content (AvgIpc) is 2.66. The van der Waals surface area contributed by atoms with Crippen LogP contribution in [0.4, 0.5) is 0 Å².